The molecule has 1 heterocycles. The van der Waals surface area contributed by atoms with Gasteiger partial charge in [-0.1, -0.05) is 35.9 Å². The Bertz CT molecular complexity index is 665. The minimum Gasteiger partial charge on any atom is -0.541 e. The SMILES string of the molecule is O=[C-]Cc1ccc2c(c1)C(=O)c1ccccc1CO2.[Y]. The summed E-state index contributed by atoms with van der Waals surface area (Å²) in [7, 11) is 0. The molecule has 0 saturated carbocycles. The van der Waals surface area contributed by atoms with Crippen molar-refractivity contribution in [1.82, 2.24) is 0 Å². The zero-order chi connectivity index (χ0) is 13.2. The summed E-state index contributed by atoms with van der Waals surface area (Å²) in [5.74, 6) is 0.506. The molecule has 2 aromatic carbocycles. The minimum atomic E-state index is -0.0594. The van der Waals surface area contributed by atoms with Gasteiger partial charge in [-0.15, -0.1) is 6.42 Å². The second-order valence-electron chi connectivity index (χ2n) is 4.43. The normalized spacial score (nSPS) is 12.3. The van der Waals surface area contributed by atoms with Gasteiger partial charge in [0.15, 0.2) is 5.78 Å². The Balaban J connectivity index is 0.00000147. The third-order valence-electron chi connectivity index (χ3n) is 3.21. The second kappa shape index (κ2) is 6.42. The van der Waals surface area contributed by atoms with Crippen molar-refractivity contribution < 1.29 is 47.0 Å². The van der Waals surface area contributed by atoms with Gasteiger partial charge in [0.2, 0.25) is 0 Å². The fraction of sp³-hybridized carbons (Fsp3) is 0.125. The Labute approximate surface area is 142 Å². The molecule has 1 radical (unpaired) electrons. The van der Waals surface area contributed by atoms with E-state index in [1.807, 2.05) is 24.5 Å². The van der Waals surface area contributed by atoms with E-state index in [2.05, 4.69) is 0 Å². The van der Waals surface area contributed by atoms with Gasteiger partial charge in [-0.3, -0.25) is 11.1 Å². The number of benzene rings is 2. The van der Waals surface area contributed by atoms with E-state index < -0.39 is 0 Å². The van der Waals surface area contributed by atoms with Crippen LogP contribution in [0.5, 0.6) is 5.75 Å². The topological polar surface area (TPSA) is 43.4 Å². The Morgan fingerprint density at radius 1 is 1.10 bits per heavy atom. The number of ketones is 1. The van der Waals surface area contributed by atoms with Gasteiger partial charge >= 0.3 is 0 Å². The molecule has 0 unspecified atom stereocenters. The van der Waals surface area contributed by atoms with Gasteiger partial charge in [-0.25, -0.2) is 0 Å². The first-order valence-corrected chi connectivity index (χ1v) is 6.03. The van der Waals surface area contributed by atoms with E-state index in [9.17, 15) is 9.59 Å². The molecule has 3 rings (SSSR count). The van der Waals surface area contributed by atoms with Crippen molar-refractivity contribution in [3.05, 3.63) is 64.7 Å². The Morgan fingerprint density at radius 2 is 1.90 bits per heavy atom. The van der Waals surface area contributed by atoms with Gasteiger partial charge in [0, 0.05) is 43.8 Å². The van der Waals surface area contributed by atoms with Crippen molar-refractivity contribution in [3.63, 3.8) is 0 Å². The van der Waals surface area contributed by atoms with Crippen molar-refractivity contribution in [2.75, 3.05) is 0 Å². The van der Waals surface area contributed by atoms with E-state index >= 15 is 0 Å². The van der Waals surface area contributed by atoms with E-state index in [0.717, 1.165) is 11.1 Å². The van der Waals surface area contributed by atoms with Gasteiger partial charge in [0.25, 0.3) is 0 Å². The molecule has 1 aliphatic heterocycles. The summed E-state index contributed by atoms with van der Waals surface area (Å²) in [6.07, 6.45) is 2.02. The van der Waals surface area contributed by atoms with Gasteiger partial charge in [-0.2, -0.15) is 0 Å². The number of ether oxygens (including phenoxy) is 1. The predicted octanol–water partition coefficient (Wildman–Crippen LogP) is 2.46. The number of carbonyl (C=O) groups is 1. The summed E-state index contributed by atoms with van der Waals surface area (Å²) in [5, 5.41) is 0. The van der Waals surface area contributed by atoms with Gasteiger partial charge in [0.1, 0.15) is 12.4 Å². The maximum absolute atomic E-state index is 12.5. The molecule has 0 N–H and O–H groups in total. The monoisotopic (exact) mass is 340 g/mol. The summed E-state index contributed by atoms with van der Waals surface area (Å²) >= 11 is 0. The smallest absolute Gasteiger partial charge is 0.197 e. The second-order valence-corrected chi connectivity index (χ2v) is 4.43. The summed E-state index contributed by atoms with van der Waals surface area (Å²) < 4.78 is 5.66. The summed E-state index contributed by atoms with van der Waals surface area (Å²) in [5.41, 5.74) is 2.82. The Morgan fingerprint density at radius 3 is 2.70 bits per heavy atom. The van der Waals surface area contributed by atoms with Crippen molar-refractivity contribution in [2.45, 2.75) is 13.0 Å². The standard InChI is InChI=1S/C16H11O3.Y/c17-8-7-11-5-6-15-14(9-11)16(18)13-4-2-1-3-12(13)10-19-15;/h1-6,9H,7,10H2;/q-1;. The van der Waals surface area contributed by atoms with E-state index in [1.54, 1.807) is 24.3 Å². The molecule has 0 aromatic heterocycles. The zero-order valence-electron chi connectivity index (χ0n) is 10.8. The van der Waals surface area contributed by atoms with E-state index in [-0.39, 0.29) is 44.9 Å². The van der Waals surface area contributed by atoms with Crippen LogP contribution in [-0.4, -0.2) is 12.1 Å². The summed E-state index contributed by atoms with van der Waals surface area (Å²) in [6, 6.07) is 12.7. The molecule has 0 aliphatic carbocycles. The summed E-state index contributed by atoms with van der Waals surface area (Å²) in [4.78, 5) is 23.0. The molecule has 0 amide bonds. The molecule has 0 saturated heterocycles. The van der Waals surface area contributed by atoms with Crippen molar-refractivity contribution in [1.29, 1.82) is 0 Å². The number of hydrogen-bond acceptors (Lipinski definition) is 3. The van der Waals surface area contributed by atoms with Crippen LogP contribution in [-0.2, 0) is 50.5 Å². The van der Waals surface area contributed by atoms with Crippen LogP contribution >= 0.6 is 0 Å². The molecule has 4 heteroatoms. The first-order valence-electron chi connectivity index (χ1n) is 6.03. The molecular weight excluding hydrogens is 329 g/mol. The van der Waals surface area contributed by atoms with Crippen LogP contribution in [0.15, 0.2) is 42.5 Å². The first-order chi connectivity index (χ1) is 9.29. The number of rotatable bonds is 2. The molecule has 1 aliphatic rings. The number of hydrogen-bond donors (Lipinski definition) is 0. The van der Waals surface area contributed by atoms with Crippen LogP contribution in [0.4, 0.5) is 0 Å². The molecule has 0 atom stereocenters. The Hall–Kier alpha value is -1.32. The third-order valence-corrected chi connectivity index (χ3v) is 3.21. The molecule has 20 heavy (non-hydrogen) atoms. The van der Waals surface area contributed by atoms with E-state index in [1.165, 1.54) is 0 Å². The van der Waals surface area contributed by atoms with Gasteiger partial charge in [-0.05, 0) is 12.1 Å². The van der Waals surface area contributed by atoms with Crippen LogP contribution in [0.3, 0.4) is 0 Å². The molecule has 97 valence electrons. The minimum absolute atomic E-state index is 0. The molecular formula is C16H11O3Y-. The maximum atomic E-state index is 12.5. The molecule has 3 nitrogen and oxygen atoms in total. The zero-order valence-corrected chi connectivity index (χ0v) is 13.6. The predicted molar refractivity (Wildman–Crippen MR) is 70.0 cm³/mol. The van der Waals surface area contributed by atoms with Crippen LogP contribution in [0.25, 0.3) is 0 Å². The van der Waals surface area contributed by atoms with Gasteiger partial charge < -0.3 is 9.53 Å². The van der Waals surface area contributed by atoms with Crippen molar-refractivity contribution in [2.24, 2.45) is 0 Å². The molecule has 0 fully saturated rings. The molecule has 0 bridgehead atoms. The van der Waals surface area contributed by atoms with Crippen LogP contribution in [0, 0.1) is 0 Å². The average molecular weight is 340 g/mol. The molecule has 0 spiro atoms. The fourth-order valence-corrected chi connectivity index (χ4v) is 2.24. The average Bonchev–Trinajstić information content (AvgIpc) is 2.58. The third kappa shape index (κ3) is 2.74. The number of carbonyl (C=O) groups excluding carboxylic acids is 2. The first kappa shape index (κ1) is 15.1. The van der Waals surface area contributed by atoms with Crippen LogP contribution in [0.2, 0.25) is 0 Å². The van der Waals surface area contributed by atoms with Crippen LogP contribution < -0.4 is 4.74 Å². The van der Waals surface area contributed by atoms with Crippen LogP contribution in [0.1, 0.15) is 27.0 Å². The van der Waals surface area contributed by atoms with E-state index in [4.69, 9.17) is 4.74 Å². The quantitative estimate of drug-likeness (QED) is 0.789. The molecule has 2 aromatic rings. The van der Waals surface area contributed by atoms with Gasteiger partial charge in [0.05, 0.1) is 5.56 Å². The van der Waals surface area contributed by atoms with Crippen molar-refractivity contribution in [3.8, 4) is 5.75 Å². The number of fused-ring (bicyclic) bond motifs is 2. The fourth-order valence-electron chi connectivity index (χ4n) is 2.24. The maximum Gasteiger partial charge on any atom is 0.197 e. The Kier molecular flexibility index (Phi) is 4.84. The van der Waals surface area contributed by atoms with E-state index in [0.29, 0.717) is 23.5 Å². The summed E-state index contributed by atoms with van der Waals surface area (Å²) in [6.45, 7) is 0.383. The largest absolute Gasteiger partial charge is 0.541 e. The van der Waals surface area contributed by atoms with Crippen molar-refractivity contribution >= 4 is 12.1 Å².